The van der Waals surface area contributed by atoms with Crippen molar-refractivity contribution < 1.29 is 0 Å². The molecule has 1 fully saturated rings. The van der Waals surface area contributed by atoms with Crippen LogP contribution >= 0.6 is 0 Å². The summed E-state index contributed by atoms with van der Waals surface area (Å²) in [6, 6.07) is 1.00. The summed E-state index contributed by atoms with van der Waals surface area (Å²) in [4.78, 5) is 2.45. The van der Waals surface area contributed by atoms with Crippen molar-refractivity contribution in [2.45, 2.75) is 44.2 Å². The zero-order chi connectivity index (χ0) is 12.3. The molecule has 1 aromatic heterocycles. The predicted octanol–water partition coefficient (Wildman–Crippen LogP) is 1.68. The maximum atomic E-state index is 5.94. The Morgan fingerprint density at radius 1 is 1.47 bits per heavy atom. The molecule has 1 aromatic rings. The minimum absolute atomic E-state index is 0.312. The monoisotopic (exact) mass is 236 g/mol. The van der Waals surface area contributed by atoms with E-state index < -0.39 is 0 Å². The third-order valence-electron chi connectivity index (χ3n) is 3.98. The van der Waals surface area contributed by atoms with Gasteiger partial charge in [-0.15, -0.1) is 0 Å². The number of aryl methyl sites for hydroxylation is 1. The van der Waals surface area contributed by atoms with Gasteiger partial charge in [0.25, 0.3) is 0 Å². The van der Waals surface area contributed by atoms with Gasteiger partial charge in [0.05, 0.1) is 12.2 Å². The Hall–Kier alpha value is -0.870. The maximum absolute atomic E-state index is 5.94. The van der Waals surface area contributed by atoms with Gasteiger partial charge in [-0.1, -0.05) is 19.3 Å². The molecular formula is C13H24N4. The van der Waals surface area contributed by atoms with Crippen LogP contribution in [0.4, 0.5) is 0 Å². The summed E-state index contributed by atoms with van der Waals surface area (Å²) in [7, 11) is 4.16. The van der Waals surface area contributed by atoms with Crippen LogP contribution in [0.5, 0.6) is 0 Å². The average molecular weight is 236 g/mol. The fourth-order valence-corrected chi connectivity index (χ4v) is 2.89. The van der Waals surface area contributed by atoms with E-state index in [2.05, 4.69) is 23.2 Å². The fourth-order valence-electron chi connectivity index (χ4n) is 2.89. The first kappa shape index (κ1) is 12.6. The number of hydrogen-bond donors (Lipinski definition) is 1. The summed E-state index contributed by atoms with van der Waals surface area (Å²) in [5, 5.41) is 4.25. The minimum atomic E-state index is 0.312. The molecule has 96 valence electrons. The lowest BCUT2D eigenvalue weighted by Crippen LogP contribution is -2.39. The summed E-state index contributed by atoms with van der Waals surface area (Å²) >= 11 is 0. The van der Waals surface area contributed by atoms with Crippen LogP contribution in [0.3, 0.4) is 0 Å². The van der Waals surface area contributed by atoms with Crippen molar-refractivity contribution in [3.05, 3.63) is 18.0 Å². The van der Waals surface area contributed by atoms with Crippen molar-refractivity contribution in [1.29, 1.82) is 0 Å². The SMILES string of the molecule is CN(C1CCCCC1)C(CN)c1cnn(C)c1. The Labute approximate surface area is 104 Å². The Bertz CT molecular complexity index is 341. The normalized spacial score (nSPS) is 19.8. The van der Waals surface area contributed by atoms with Gasteiger partial charge in [0.2, 0.25) is 0 Å². The highest BCUT2D eigenvalue weighted by Gasteiger charge is 2.25. The van der Waals surface area contributed by atoms with E-state index in [9.17, 15) is 0 Å². The summed E-state index contributed by atoms with van der Waals surface area (Å²) in [5.41, 5.74) is 7.18. The first-order valence-corrected chi connectivity index (χ1v) is 6.63. The zero-order valence-corrected chi connectivity index (χ0v) is 11.0. The molecule has 0 aliphatic heterocycles. The lowest BCUT2D eigenvalue weighted by atomic mass is 9.93. The Morgan fingerprint density at radius 3 is 2.71 bits per heavy atom. The third-order valence-corrected chi connectivity index (χ3v) is 3.98. The van der Waals surface area contributed by atoms with E-state index in [0.717, 1.165) is 0 Å². The molecule has 2 N–H and O–H groups in total. The molecule has 4 heteroatoms. The Morgan fingerprint density at radius 2 is 2.18 bits per heavy atom. The van der Waals surface area contributed by atoms with E-state index in [1.807, 2.05) is 17.9 Å². The molecule has 1 saturated carbocycles. The van der Waals surface area contributed by atoms with Crippen LogP contribution in [0.2, 0.25) is 0 Å². The van der Waals surface area contributed by atoms with Gasteiger partial charge in [0, 0.05) is 31.4 Å². The second-order valence-electron chi connectivity index (χ2n) is 5.16. The van der Waals surface area contributed by atoms with E-state index in [1.165, 1.54) is 37.7 Å². The van der Waals surface area contributed by atoms with Gasteiger partial charge in [-0.05, 0) is 19.9 Å². The van der Waals surface area contributed by atoms with E-state index in [4.69, 9.17) is 5.73 Å². The lowest BCUT2D eigenvalue weighted by molar-refractivity contribution is 0.140. The molecule has 0 bridgehead atoms. The van der Waals surface area contributed by atoms with Crippen molar-refractivity contribution in [3.63, 3.8) is 0 Å². The first-order chi connectivity index (χ1) is 8.22. The van der Waals surface area contributed by atoms with Crippen molar-refractivity contribution >= 4 is 0 Å². The van der Waals surface area contributed by atoms with E-state index in [1.54, 1.807) is 0 Å². The lowest BCUT2D eigenvalue weighted by Gasteiger charge is -2.36. The number of rotatable bonds is 4. The zero-order valence-electron chi connectivity index (χ0n) is 11.0. The van der Waals surface area contributed by atoms with Gasteiger partial charge < -0.3 is 5.73 Å². The highest BCUT2D eigenvalue weighted by molar-refractivity contribution is 5.11. The van der Waals surface area contributed by atoms with Crippen LogP contribution < -0.4 is 5.73 Å². The van der Waals surface area contributed by atoms with Crippen molar-refractivity contribution in [2.75, 3.05) is 13.6 Å². The van der Waals surface area contributed by atoms with Crippen molar-refractivity contribution in [2.24, 2.45) is 12.8 Å². The highest BCUT2D eigenvalue weighted by Crippen LogP contribution is 2.28. The fraction of sp³-hybridized carbons (Fsp3) is 0.769. The van der Waals surface area contributed by atoms with Crippen LogP contribution in [0.1, 0.15) is 43.7 Å². The predicted molar refractivity (Wildman–Crippen MR) is 69.6 cm³/mol. The second-order valence-corrected chi connectivity index (χ2v) is 5.16. The van der Waals surface area contributed by atoms with Crippen LogP contribution in [0, 0.1) is 0 Å². The Balaban J connectivity index is 2.06. The standard InChI is InChI=1S/C13H24N4/c1-16-10-11(9-15-16)13(8-14)17(2)12-6-4-3-5-7-12/h9-10,12-13H,3-8,14H2,1-2H3. The van der Waals surface area contributed by atoms with Gasteiger partial charge >= 0.3 is 0 Å². The van der Waals surface area contributed by atoms with Gasteiger partial charge in [-0.3, -0.25) is 9.58 Å². The summed E-state index contributed by atoms with van der Waals surface area (Å²) in [6.07, 6.45) is 10.8. The molecular weight excluding hydrogens is 212 g/mol. The molecule has 1 atom stereocenters. The first-order valence-electron chi connectivity index (χ1n) is 6.63. The topological polar surface area (TPSA) is 47.1 Å². The van der Waals surface area contributed by atoms with Crippen LogP contribution in [-0.4, -0.2) is 34.3 Å². The van der Waals surface area contributed by atoms with Gasteiger partial charge in [0.15, 0.2) is 0 Å². The van der Waals surface area contributed by atoms with Gasteiger partial charge in [-0.25, -0.2) is 0 Å². The second kappa shape index (κ2) is 5.65. The van der Waals surface area contributed by atoms with Gasteiger partial charge in [0.1, 0.15) is 0 Å². The number of nitrogens with zero attached hydrogens (tertiary/aromatic N) is 3. The number of hydrogen-bond acceptors (Lipinski definition) is 3. The molecule has 1 aliphatic rings. The molecule has 0 radical (unpaired) electrons. The molecule has 1 unspecified atom stereocenters. The maximum Gasteiger partial charge on any atom is 0.0538 e. The largest absolute Gasteiger partial charge is 0.329 e. The highest BCUT2D eigenvalue weighted by atomic mass is 15.3. The number of nitrogens with two attached hydrogens (primary N) is 1. The van der Waals surface area contributed by atoms with Gasteiger partial charge in [-0.2, -0.15) is 5.10 Å². The average Bonchev–Trinajstić information content (AvgIpc) is 2.78. The molecule has 0 spiro atoms. The number of likely N-dealkylation sites (N-methyl/N-ethyl adjacent to an activating group) is 1. The van der Waals surface area contributed by atoms with E-state index >= 15 is 0 Å². The molecule has 17 heavy (non-hydrogen) atoms. The molecule has 0 saturated heterocycles. The third kappa shape index (κ3) is 2.87. The summed E-state index contributed by atoms with van der Waals surface area (Å²) in [6.45, 7) is 0.665. The summed E-state index contributed by atoms with van der Waals surface area (Å²) < 4.78 is 1.85. The molecule has 0 aromatic carbocycles. The smallest absolute Gasteiger partial charge is 0.0538 e. The van der Waals surface area contributed by atoms with Crippen molar-refractivity contribution in [1.82, 2.24) is 14.7 Å². The Kier molecular flexibility index (Phi) is 4.18. The van der Waals surface area contributed by atoms with E-state index in [0.29, 0.717) is 18.6 Å². The summed E-state index contributed by atoms with van der Waals surface area (Å²) in [5.74, 6) is 0. The molecule has 2 rings (SSSR count). The van der Waals surface area contributed by atoms with Crippen LogP contribution in [0.25, 0.3) is 0 Å². The van der Waals surface area contributed by atoms with E-state index in [-0.39, 0.29) is 0 Å². The van der Waals surface area contributed by atoms with Crippen LogP contribution in [-0.2, 0) is 7.05 Å². The molecule has 0 amide bonds. The quantitative estimate of drug-likeness (QED) is 0.865. The number of aromatic nitrogens is 2. The molecule has 4 nitrogen and oxygen atoms in total. The molecule has 1 heterocycles. The van der Waals surface area contributed by atoms with Crippen LogP contribution in [0.15, 0.2) is 12.4 Å². The minimum Gasteiger partial charge on any atom is -0.329 e. The van der Waals surface area contributed by atoms with Crippen molar-refractivity contribution in [3.8, 4) is 0 Å². The molecule has 1 aliphatic carbocycles.